The van der Waals surface area contributed by atoms with Crippen LogP contribution in [0.1, 0.15) is 31.1 Å². The number of ether oxygens (including phenoxy) is 1. The second-order valence-electron chi connectivity index (χ2n) is 5.16. The van der Waals surface area contributed by atoms with Gasteiger partial charge in [-0.25, -0.2) is 0 Å². The molecule has 0 fully saturated rings. The molecule has 0 aliphatic rings. The molecule has 0 unspecified atom stereocenters. The van der Waals surface area contributed by atoms with Gasteiger partial charge in [0.2, 0.25) is 0 Å². The van der Waals surface area contributed by atoms with Gasteiger partial charge in [0.05, 0.1) is 6.61 Å². The van der Waals surface area contributed by atoms with Crippen LogP contribution >= 0.6 is 0 Å². The fraction of sp³-hybridized carbons (Fsp3) is 0.533. The number of carbonyl (C=O) groups excluding carboxylic acids is 1. The second kappa shape index (κ2) is 7.14. The number of hydrogen-bond donors (Lipinski definition) is 1. The van der Waals surface area contributed by atoms with Gasteiger partial charge < -0.3 is 15.4 Å². The number of nitrogen functional groups attached to an aromatic ring is 1. The van der Waals surface area contributed by atoms with Crippen LogP contribution < -0.4 is 10.6 Å². The Morgan fingerprint density at radius 2 is 2.11 bits per heavy atom. The molecule has 19 heavy (non-hydrogen) atoms. The first-order valence-electron chi connectivity index (χ1n) is 6.60. The normalized spacial score (nSPS) is 10.8. The van der Waals surface area contributed by atoms with Crippen molar-refractivity contribution in [2.75, 3.05) is 37.4 Å². The van der Waals surface area contributed by atoms with Gasteiger partial charge in [-0.2, -0.15) is 0 Å². The number of rotatable bonds is 7. The molecule has 0 bridgehead atoms. The number of Topliss-reactive ketones (excluding diaryl/α,β-unsaturated/α-hetero) is 1. The van der Waals surface area contributed by atoms with Crippen LogP contribution in [0, 0.1) is 5.92 Å². The minimum atomic E-state index is -0.00338. The van der Waals surface area contributed by atoms with Crippen LogP contribution in [0.15, 0.2) is 18.2 Å². The summed E-state index contributed by atoms with van der Waals surface area (Å²) in [6, 6.07) is 5.62. The first kappa shape index (κ1) is 15.5. The van der Waals surface area contributed by atoms with Gasteiger partial charge in [0.25, 0.3) is 0 Å². The summed E-state index contributed by atoms with van der Waals surface area (Å²) in [7, 11) is 1.70. The molecule has 4 heteroatoms. The van der Waals surface area contributed by atoms with Crippen LogP contribution in [0.4, 0.5) is 11.4 Å². The molecule has 0 aromatic heterocycles. The number of benzene rings is 1. The number of nitrogens with two attached hydrogens (primary N) is 1. The summed E-state index contributed by atoms with van der Waals surface area (Å²) in [5.41, 5.74) is 8.10. The molecule has 2 N–H and O–H groups in total. The van der Waals surface area contributed by atoms with Gasteiger partial charge in [-0.3, -0.25) is 4.79 Å². The van der Waals surface area contributed by atoms with Crippen molar-refractivity contribution in [3.63, 3.8) is 0 Å². The Kier molecular flexibility index (Phi) is 5.83. The van der Waals surface area contributed by atoms with Crippen molar-refractivity contribution in [1.82, 2.24) is 0 Å². The molecular weight excluding hydrogens is 240 g/mol. The summed E-state index contributed by atoms with van der Waals surface area (Å²) >= 11 is 0. The molecule has 0 saturated carbocycles. The van der Waals surface area contributed by atoms with Crippen LogP contribution in [0.2, 0.25) is 0 Å². The fourth-order valence-corrected chi connectivity index (χ4v) is 2.04. The Morgan fingerprint density at radius 3 is 2.58 bits per heavy atom. The zero-order chi connectivity index (χ0) is 14.4. The van der Waals surface area contributed by atoms with E-state index in [9.17, 15) is 4.79 Å². The zero-order valence-corrected chi connectivity index (χ0v) is 12.3. The van der Waals surface area contributed by atoms with E-state index >= 15 is 0 Å². The third kappa shape index (κ3) is 4.56. The first-order valence-corrected chi connectivity index (χ1v) is 6.60. The van der Waals surface area contributed by atoms with Crippen molar-refractivity contribution < 1.29 is 9.53 Å². The van der Waals surface area contributed by atoms with Crippen molar-refractivity contribution in [2.24, 2.45) is 5.92 Å². The maximum Gasteiger partial charge on any atom is 0.161 e. The molecule has 0 spiro atoms. The largest absolute Gasteiger partial charge is 0.398 e. The van der Waals surface area contributed by atoms with Crippen LogP contribution in [0.3, 0.4) is 0 Å². The number of carbonyl (C=O) groups is 1. The van der Waals surface area contributed by atoms with Gasteiger partial charge >= 0.3 is 0 Å². The van der Waals surface area contributed by atoms with Gasteiger partial charge in [0.1, 0.15) is 0 Å². The van der Waals surface area contributed by atoms with E-state index in [1.54, 1.807) is 13.2 Å². The summed E-state index contributed by atoms with van der Waals surface area (Å²) in [6.07, 6.45) is 0. The molecule has 1 aromatic carbocycles. The lowest BCUT2D eigenvalue weighted by atomic mass is 10.1. The van der Waals surface area contributed by atoms with E-state index in [-0.39, 0.29) is 5.78 Å². The Bertz CT molecular complexity index is 430. The van der Waals surface area contributed by atoms with Gasteiger partial charge in [0, 0.05) is 37.1 Å². The van der Waals surface area contributed by atoms with Gasteiger partial charge in [-0.1, -0.05) is 13.8 Å². The van der Waals surface area contributed by atoms with Crippen molar-refractivity contribution in [3.05, 3.63) is 23.8 Å². The van der Waals surface area contributed by atoms with E-state index in [2.05, 4.69) is 18.7 Å². The van der Waals surface area contributed by atoms with Crippen molar-refractivity contribution in [2.45, 2.75) is 20.8 Å². The molecule has 0 amide bonds. The molecule has 4 nitrogen and oxygen atoms in total. The Hall–Kier alpha value is -1.55. The minimum Gasteiger partial charge on any atom is -0.398 e. The summed E-state index contributed by atoms with van der Waals surface area (Å²) in [6.45, 7) is 8.29. The van der Waals surface area contributed by atoms with Gasteiger partial charge in [-0.05, 0) is 31.0 Å². The topological polar surface area (TPSA) is 55.6 Å². The highest BCUT2D eigenvalue weighted by atomic mass is 16.5. The highest BCUT2D eigenvalue weighted by molar-refractivity contribution is 5.99. The van der Waals surface area contributed by atoms with Crippen molar-refractivity contribution in [3.8, 4) is 0 Å². The molecule has 0 aliphatic heterocycles. The lowest BCUT2D eigenvalue weighted by Crippen LogP contribution is -2.31. The lowest BCUT2D eigenvalue weighted by molar-refractivity contribution is 0.101. The van der Waals surface area contributed by atoms with Gasteiger partial charge in [-0.15, -0.1) is 0 Å². The van der Waals surface area contributed by atoms with E-state index < -0.39 is 0 Å². The number of nitrogens with zero attached hydrogens (tertiary/aromatic N) is 1. The van der Waals surface area contributed by atoms with E-state index in [1.165, 1.54) is 6.92 Å². The average molecular weight is 264 g/mol. The first-order chi connectivity index (χ1) is 8.95. The van der Waals surface area contributed by atoms with E-state index in [4.69, 9.17) is 10.5 Å². The number of hydrogen-bond acceptors (Lipinski definition) is 4. The number of anilines is 2. The Labute approximate surface area is 115 Å². The quantitative estimate of drug-likeness (QED) is 0.607. The van der Waals surface area contributed by atoms with Crippen molar-refractivity contribution >= 4 is 17.2 Å². The maximum absolute atomic E-state index is 11.4. The molecule has 0 atom stereocenters. The molecule has 0 radical (unpaired) electrons. The predicted octanol–water partition coefficient (Wildman–Crippen LogP) is 2.58. The minimum absolute atomic E-state index is 0.00338. The van der Waals surface area contributed by atoms with Crippen molar-refractivity contribution in [1.29, 1.82) is 0 Å². The summed E-state index contributed by atoms with van der Waals surface area (Å²) in [5.74, 6) is 0.543. The Morgan fingerprint density at radius 1 is 1.42 bits per heavy atom. The molecule has 1 aromatic rings. The van der Waals surface area contributed by atoms with Crippen LogP contribution in [0.5, 0.6) is 0 Å². The van der Waals surface area contributed by atoms with E-state index in [0.29, 0.717) is 23.8 Å². The average Bonchev–Trinajstić information content (AvgIpc) is 2.33. The van der Waals surface area contributed by atoms with E-state index in [1.807, 2.05) is 12.1 Å². The number of ketones is 1. The molecular formula is C15H24N2O2. The smallest absolute Gasteiger partial charge is 0.161 e. The highest BCUT2D eigenvalue weighted by Crippen LogP contribution is 2.22. The predicted molar refractivity (Wildman–Crippen MR) is 79.8 cm³/mol. The van der Waals surface area contributed by atoms with Crippen LogP contribution in [-0.4, -0.2) is 32.6 Å². The molecule has 0 aliphatic carbocycles. The highest BCUT2D eigenvalue weighted by Gasteiger charge is 2.11. The van der Waals surface area contributed by atoms with Gasteiger partial charge in [0.15, 0.2) is 5.78 Å². The standard InChI is InChI=1S/C15H24N2O2/c1-11(2)10-17(7-8-19-4)13-5-6-14(12(3)18)15(16)9-13/h5-6,9,11H,7-8,10,16H2,1-4H3. The monoisotopic (exact) mass is 264 g/mol. The second-order valence-corrected chi connectivity index (χ2v) is 5.16. The Balaban J connectivity index is 2.95. The number of methoxy groups -OCH3 is 1. The molecule has 0 saturated heterocycles. The maximum atomic E-state index is 11.4. The molecule has 106 valence electrons. The summed E-state index contributed by atoms with van der Waals surface area (Å²) in [5, 5.41) is 0. The fourth-order valence-electron chi connectivity index (χ4n) is 2.04. The third-order valence-corrected chi connectivity index (χ3v) is 2.93. The molecule has 0 heterocycles. The zero-order valence-electron chi connectivity index (χ0n) is 12.3. The lowest BCUT2D eigenvalue weighted by Gasteiger charge is -2.27. The van der Waals surface area contributed by atoms with Crippen LogP contribution in [-0.2, 0) is 4.74 Å². The summed E-state index contributed by atoms with van der Waals surface area (Å²) < 4.78 is 5.14. The third-order valence-electron chi connectivity index (χ3n) is 2.93. The van der Waals surface area contributed by atoms with Crippen LogP contribution in [0.25, 0.3) is 0 Å². The SMILES string of the molecule is COCCN(CC(C)C)c1ccc(C(C)=O)c(N)c1. The van der Waals surface area contributed by atoms with E-state index in [0.717, 1.165) is 18.8 Å². The summed E-state index contributed by atoms with van der Waals surface area (Å²) in [4.78, 5) is 13.6. The molecule has 1 rings (SSSR count).